The van der Waals surface area contributed by atoms with E-state index in [4.69, 9.17) is 19.6 Å². The Bertz CT molecular complexity index is 387. The summed E-state index contributed by atoms with van der Waals surface area (Å²) in [5.41, 5.74) is -2.25. The van der Waals surface area contributed by atoms with Gasteiger partial charge in [-0.1, -0.05) is 0 Å². The van der Waals surface area contributed by atoms with E-state index in [1.807, 2.05) is 5.32 Å². The van der Waals surface area contributed by atoms with Crippen LogP contribution in [-0.2, 0) is 9.13 Å². The van der Waals surface area contributed by atoms with Gasteiger partial charge in [0.15, 0.2) is 5.13 Å². The van der Waals surface area contributed by atoms with E-state index in [-0.39, 0.29) is 5.13 Å². The van der Waals surface area contributed by atoms with Crippen LogP contribution in [0.2, 0.25) is 0 Å². The quantitative estimate of drug-likeness (QED) is 0.490. The number of hydrogen-bond donors (Lipinski definition) is 5. The zero-order valence-corrected chi connectivity index (χ0v) is 9.69. The Labute approximate surface area is 88.3 Å². The Morgan fingerprint density at radius 1 is 1.27 bits per heavy atom. The van der Waals surface area contributed by atoms with E-state index in [0.717, 1.165) is 11.3 Å². The molecular formula is C4H8N2O6P2S. The van der Waals surface area contributed by atoms with Crippen LogP contribution in [0.5, 0.6) is 0 Å². The number of anilines is 1. The van der Waals surface area contributed by atoms with Gasteiger partial charge in [0.1, 0.15) is 0 Å². The lowest BCUT2D eigenvalue weighted by Gasteiger charge is -2.19. The molecule has 86 valence electrons. The molecule has 0 aromatic carbocycles. The lowest BCUT2D eigenvalue weighted by atomic mass is 11.0. The maximum Gasteiger partial charge on any atom is 0.360 e. The maximum absolute atomic E-state index is 10.8. The minimum atomic E-state index is -4.95. The van der Waals surface area contributed by atoms with Gasteiger partial charge in [-0.25, -0.2) is 4.98 Å². The molecular weight excluding hydrogens is 266 g/mol. The van der Waals surface area contributed by atoms with E-state index in [9.17, 15) is 9.13 Å². The molecule has 0 bridgehead atoms. The summed E-state index contributed by atoms with van der Waals surface area (Å²) in [5, 5.41) is 3.55. The topological polar surface area (TPSA) is 140 Å². The van der Waals surface area contributed by atoms with Crippen molar-refractivity contribution in [2.24, 2.45) is 0 Å². The summed E-state index contributed by atoms with van der Waals surface area (Å²) in [6.45, 7) is 0. The molecule has 0 aliphatic rings. The molecule has 11 heteroatoms. The van der Waals surface area contributed by atoms with Crippen LogP contribution in [0, 0.1) is 0 Å². The van der Waals surface area contributed by atoms with Crippen LogP contribution in [0.4, 0.5) is 5.13 Å². The van der Waals surface area contributed by atoms with Crippen molar-refractivity contribution in [3.8, 4) is 0 Å². The third kappa shape index (κ3) is 3.66. The van der Waals surface area contributed by atoms with E-state index in [2.05, 4.69) is 4.98 Å². The number of aromatic nitrogens is 1. The zero-order valence-electron chi connectivity index (χ0n) is 7.09. The van der Waals surface area contributed by atoms with Crippen LogP contribution in [0.25, 0.3) is 0 Å². The molecule has 1 heterocycles. The van der Waals surface area contributed by atoms with Crippen LogP contribution >= 0.6 is 26.5 Å². The lowest BCUT2D eigenvalue weighted by molar-refractivity contribution is 0.343. The van der Waals surface area contributed by atoms with E-state index in [1.54, 1.807) is 0 Å². The van der Waals surface area contributed by atoms with Gasteiger partial charge < -0.3 is 24.9 Å². The van der Waals surface area contributed by atoms with Gasteiger partial charge in [0, 0.05) is 11.6 Å². The van der Waals surface area contributed by atoms with Gasteiger partial charge in [0.2, 0.25) is 5.52 Å². The van der Waals surface area contributed by atoms with Gasteiger partial charge >= 0.3 is 15.2 Å². The number of hydrogen-bond acceptors (Lipinski definition) is 5. The fourth-order valence-corrected chi connectivity index (χ4v) is 3.65. The number of rotatable bonds is 4. The number of thiazole rings is 1. The van der Waals surface area contributed by atoms with Gasteiger partial charge in [-0.3, -0.25) is 9.13 Å². The number of nitrogens with zero attached hydrogens (tertiary/aromatic N) is 1. The van der Waals surface area contributed by atoms with Crippen molar-refractivity contribution in [2.75, 3.05) is 5.32 Å². The van der Waals surface area contributed by atoms with Gasteiger partial charge in [0.25, 0.3) is 0 Å². The Hall–Kier alpha value is -0.270. The molecule has 0 aliphatic carbocycles. The van der Waals surface area contributed by atoms with Crippen LogP contribution in [-0.4, -0.2) is 30.1 Å². The standard InChI is InChI=1S/C4H8N2O6P2S/c7-13(8,9)4(14(10,11)12)6-3-5-1-2-15-3/h1-2,4H,(H,5,6)(H2,7,8,9)(H2,10,11,12). The summed E-state index contributed by atoms with van der Waals surface area (Å²) in [6.07, 6.45) is 1.34. The van der Waals surface area contributed by atoms with Gasteiger partial charge in [-0.2, -0.15) is 0 Å². The Kier molecular flexibility index (Phi) is 3.67. The molecule has 1 rings (SSSR count). The van der Waals surface area contributed by atoms with Crippen LogP contribution in [0.1, 0.15) is 0 Å². The second-order valence-corrected chi connectivity index (χ2v) is 7.22. The van der Waals surface area contributed by atoms with Crippen molar-refractivity contribution in [3.63, 3.8) is 0 Å². The molecule has 15 heavy (non-hydrogen) atoms. The first-order valence-corrected chi connectivity index (χ1v) is 7.72. The summed E-state index contributed by atoms with van der Waals surface area (Å²) < 4.78 is 21.6. The molecule has 0 radical (unpaired) electrons. The van der Waals surface area contributed by atoms with E-state index >= 15 is 0 Å². The van der Waals surface area contributed by atoms with Crippen molar-refractivity contribution < 1.29 is 28.7 Å². The van der Waals surface area contributed by atoms with Gasteiger partial charge in [0.05, 0.1) is 0 Å². The first-order valence-electron chi connectivity index (χ1n) is 3.48. The highest BCUT2D eigenvalue weighted by atomic mass is 32.1. The highest BCUT2D eigenvalue weighted by molar-refractivity contribution is 7.71. The van der Waals surface area contributed by atoms with Crippen molar-refractivity contribution in [1.82, 2.24) is 4.98 Å². The maximum atomic E-state index is 10.8. The molecule has 0 aliphatic heterocycles. The first-order chi connectivity index (χ1) is 6.71. The Balaban J connectivity index is 2.95. The van der Waals surface area contributed by atoms with Crippen LogP contribution < -0.4 is 5.32 Å². The largest absolute Gasteiger partial charge is 0.360 e. The fraction of sp³-hybridized carbons (Fsp3) is 0.250. The normalized spacial score (nSPS) is 13.1. The predicted octanol–water partition coefficient (Wildman–Crippen LogP) is 0.194. The molecule has 0 unspecified atom stereocenters. The molecule has 5 N–H and O–H groups in total. The zero-order chi connectivity index (χ0) is 11.7. The fourth-order valence-electron chi connectivity index (χ4n) is 0.769. The van der Waals surface area contributed by atoms with Crippen molar-refractivity contribution in [1.29, 1.82) is 0 Å². The van der Waals surface area contributed by atoms with E-state index in [1.165, 1.54) is 11.6 Å². The molecule has 0 spiro atoms. The summed E-state index contributed by atoms with van der Waals surface area (Å²) in [7, 11) is -9.89. The van der Waals surface area contributed by atoms with Gasteiger partial charge in [-0.05, 0) is 0 Å². The van der Waals surface area contributed by atoms with Crippen molar-refractivity contribution >= 4 is 31.7 Å². The molecule has 1 aromatic heterocycles. The highest BCUT2D eigenvalue weighted by Gasteiger charge is 2.43. The third-order valence-corrected chi connectivity index (χ3v) is 5.36. The molecule has 0 saturated carbocycles. The highest BCUT2D eigenvalue weighted by Crippen LogP contribution is 2.59. The van der Waals surface area contributed by atoms with Crippen LogP contribution in [0.3, 0.4) is 0 Å². The molecule has 0 saturated heterocycles. The minimum Gasteiger partial charge on any atom is -0.338 e. The molecule has 0 atom stereocenters. The predicted molar refractivity (Wildman–Crippen MR) is 53.6 cm³/mol. The Morgan fingerprint density at radius 2 is 1.80 bits per heavy atom. The smallest absolute Gasteiger partial charge is 0.338 e. The molecule has 0 fully saturated rings. The lowest BCUT2D eigenvalue weighted by Crippen LogP contribution is -2.19. The Morgan fingerprint density at radius 3 is 2.13 bits per heavy atom. The monoisotopic (exact) mass is 274 g/mol. The van der Waals surface area contributed by atoms with Crippen LogP contribution in [0.15, 0.2) is 11.6 Å². The van der Waals surface area contributed by atoms with Gasteiger partial charge in [-0.15, -0.1) is 11.3 Å². The summed E-state index contributed by atoms with van der Waals surface area (Å²) >= 11 is 0.975. The van der Waals surface area contributed by atoms with E-state index < -0.39 is 20.7 Å². The average Bonchev–Trinajstić information content (AvgIpc) is 2.46. The summed E-state index contributed by atoms with van der Waals surface area (Å²) in [5.74, 6) is 0. The average molecular weight is 274 g/mol. The van der Waals surface area contributed by atoms with Crippen molar-refractivity contribution in [3.05, 3.63) is 11.6 Å². The number of nitrogens with one attached hydrogen (secondary N) is 1. The first kappa shape index (κ1) is 12.8. The molecule has 0 amide bonds. The van der Waals surface area contributed by atoms with E-state index in [0.29, 0.717) is 0 Å². The summed E-state index contributed by atoms with van der Waals surface area (Å²) in [4.78, 5) is 38.6. The minimum absolute atomic E-state index is 0.0339. The SMILES string of the molecule is O=P(O)(O)C(Nc1nccs1)P(=O)(O)O. The molecule has 1 aromatic rings. The third-order valence-electron chi connectivity index (χ3n) is 1.32. The second kappa shape index (κ2) is 4.31. The van der Waals surface area contributed by atoms with Crippen molar-refractivity contribution in [2.45, 2.75) is 5.52 Å². The molecule has 8 nitrogen and oxygen atoms in total. The second-order valence-electron chi connectivity index (χ2n) is 2.53. The summed E-state index contributed by atoms with van der Waals surface area (Å²) in [6, 6.07) is 0.